The monoisotopic (exact) mass is 436 g/mol. The van der Waals surface area contributed by atoms with Crippen LogP contribution < -0.4 is 21.1 Å². The Morgan fingerprint density at radius 2 is 2.13 bits per heavy atom. The summed E-state index contributed by atoms with van der Waals surface area (Å²) in [6.45, 7) is 1.97. The maximum Gasteiger partial charge on any atom is 0.255 e. The quantitative estimate of drug-likeness (QED) is 0.231. The molecular formula is C15H25IN4O3. The second kappa shape index (κ2) is 12.9. The minimum Gasteiger partial charge on any atom is -0.484 e. The predicted octanol–water partition coefficient (Wildman–Crippen LogP) is 0.870. The van der Waals surface area contributed by atoms with Crippen LogP contribution in [-0.2, 0) is 16.1 Å². The van der Waals surface area contributed by atoms with Gasteiger partial charge in [0.1, 0.15) is 5.75 Å². The Morgan fingerprint density at radius 1 is 1.35 bits per heavy atom. The first-order valence-corrected chi connectivity index (χ1v) is 7.09. The van der Waals surface area contributed by atoms with Crippen LogP contribution in [0.3, 0.4) is 0 Å². The van der Waals surface area contributed by atoms with E-state index in [0.29, 0.717) is 18.9 Å². The van der Waals surface area contributed by atoms with E-state index in [9.17, 15) is 4.79 Å². The summed E-state index contributed by atoms with van der Waals surface area (Å²) in [5.41, 5.74) is 6.07. The number of hydrogen-bond donors (Lipinski definition) is 3. The van der Waals surface area contributed by atoms with Crippen molar-refractivity contribution in [3.8, 4) is 5.75 Å². The summed E-state index contributed by atoms with van der Waals surface area (Å²) < 4.78 is 10.3. The van der Waals surface area contributed by atoms with Gasteiger partial charge in [-0.3, -0.25) is 9.79 Å². The number of carbonyl (C=O) groups is 1. The van der Waals surface area contributed by atoms with Crippen LogP contribution in [-0.4, -0.2) is 45.8 Å². The van der Waals surface area contributed by atoms with E-state index in [2.05, 4.69) is 15.6 Å². The highest BCUT2D eigenvalue weighted by atomic mass is 127. The first kappa shape index (κ1) is 21.4. The number of carbonyl (C=O) groups excluding carboxylic acids is 1. The molecule has 0 bridgehead atoms. The Balaban J connectivity index is 0.00000484. The van der Waals surface area contributed by atoms with Gasteiger partial charge < -0.3 is 25.8 Å². The highest BCUT2D eigenvalue weighted by molar-refractivity contribution is 14.0. The smallest absolute Gasteiger partial charge is 0.255 e. The van der Waals surface area contributed by atoms with Gasteiger partial charge in [-0.15, -0.1) is 24.0 Å². The lowest BCUT2D eigenvalue weighted by Gasteiger charge is -2.12. The lowest BCUT2D eigenvalue weighted by Crippen LogP contribution is -2.37. The second-order valence-electron chi connectivity index (χ2n) is 4.60. The fourth-order valence-electron chi connectivity index (χ4n) is 1.73. The van der Waals surface area contributed by atoms with Crippen molar-refractivity contribution in [1.82, 2.24) is 10.6 Å². The van der Waals surface area contributed by atoms with Gasteiger partial charge in [0, 0.05) is 33.9 Å². The first-order chi connectivity index (χ1) is 10.7. The van der Waals surface area contributed by atoms with Gasteiger partial charge >= 0.3 is 0 Å². The fraction of sp³-hybridized carbons (Fsp3) is 0.467. The fourth-order valence-corrected chi connectivity index (χ4v) is 1.73. The standard InChI is InChI=1S/C15H24N4O3.HI/c1-17-15(18-7-4-8-21-2)19-10-12-5-3-6-13(9-12)22-11-14(16)20;/h3,5-6,9H,4,7-8,10-11H2,1-2H3,(H2,16,20)(H2,17,18,19);1H. The van der Waals surface area contributed by atoms with E-state index in [0.717, 1.165) is 24.5 Å². The molecule has 0 unspecified atom stereocenters. The molecule has 0 aliphatic rings. The van der Waals surface area contributed by atoms with Crippen LogP contribution in [0, 0.1) is 0 Å². The highest BCUT2D eigenvalue weighted by Gasteiger charge is 2.01. The minimum absolute atomic E-state index is 0. The molecule has 0 aliphatic heterocycles. The number of methoxy groups -OCH3 is 1. The number of hydrogen-bond acceptors (Lipinski definition) is 4. The lowest BCUT2D eigenvalue weighted by atomic mass is 10.2. The zero-order valence-electron chi connectivity index (χ0n) is 13.5. The maximum atomic E-state index is 10.7. The molecule has 0 spiro atoms. The Labute approximate surface area is 154 Å². The molecule has 7 nitrogen and oxygen atoms in total. The van der Waals surface area contributed by atoms with Crippen molar-refractivity contribution < 1.29 is 14.3 Å². The van der Waals surface area contributed by atoms with Gasteiger partial charge in [0.2, 0.25) is 0 Å². The lowest BCUT2D eigenvalue weighted by molar-refractivity contribution is -0.119. The zero-order valence-corrected chi connectivity index (χ0v) is 15.8. The van der Waals surface area contributed by atoms with Crippen LogP contribution in [0.4, 0.5) is 0 Å². The molecule has 1 rings (SSSR count). The number of nitrogens with zero attached hydrogens (tertiary/aromatic N) is 1. The molecule has 0 saturated carbocycles. The molecule has 0 atom stereocenters. The van der Waals surface area contributed by atoms with E-state index in [1.165, 1.54) is 0 Å². The molecule has 130 valence electrons. The molecule has 0 saturated heterocycles. The molecule has 1 amide bonds. The number of nitrogens with two attached hydrogens (primary N) is 1. The number of nitrogens with one attached hydrogen (secondary N) is 2. The number of halogens is 1. The SMILES string of the molecule is CN=C(NCCCOC)NCc1cccc(OCC(N)=O)c1.I. The highest BCUT2D eigenvalue weighted by Crippen LogP contribution is 2.12. The summed E-state index contributed by atoms with van der Waals surface area (Å²) in [7, 11) is 3.40. The van der Waals surface area contributed by atoms with E-state index < -0.39 is 5.91 Å². The van der Waals surface area contributed by atoms with Crippen molar-refractivity contribution >= 4 is 35.8 Å². The third kappa shape index (κ3) is 9.95. The van der Waals surface area contributed by atoms with Crippen LogP contribution in [0.5, 0.6) is 5.75 Å². The average Bonchev–Trinajstić information content (AvgIpc) is 2.52. The van der Waals surface area contributed by atoms with E-state index in [-0.39, 0.29) is 30.6 Å². The van der Waals surface area contributed by atoms with E-state index in [4.69, 9.17) is 15.2 Å². The summed E-state index contributed by atoms with van der Waals surface area (Å²) >= 11 is 0. The number of benzene rings is 1. The molecule has 0 heterocycles. The van der Waals surface area contributed by atoms with Crippen molar-refractivity contribution in [2.24, 2.45) is 10.7 Å². The minimum atomic E-state index is -0.496. The third-order valence-electron chi connectivity index (χ3n) is 2.78. The number of aliphatic imine (C=N–C) groups is 1. The first-order valence-electron chi connectivity index (χ1n) is 7.09. The molecule has 0 aliphatic carbocycles. The van der Waals surface area contributed by atoms with Gasteiger partial charge in [-0.1, -0.05) is 12.1 Å². The van der Waals surface area contributed by atoms with Crippen molar-refractivity contribution in [3.05, 3.63) is 29.8 Å². The molecule has 0 radical (unpaired) electrons. The number of primary amides is 1. The summed E-state index contributed by atoms with van der Waals surface area (Å²) in [5.74, 6) is 0.838. The van der Waals surface area contributed by atoms with Crippen LogP contribution in [0.15, 0.2) is 29.3 Å². The van der Waals surface area contributed by atoms with Gasteiger partial charge in [0.25, 0.3) is 5.91 Å². The molecule has 1 aromatic rings. The number of amides is 1. The number of guanidine groups is 1. The van der Waals surface area contributed by atoms with Crippen molar-refractivity contribution in [3.63, 3.8) is 0 Å². The second-order valence-corrected chi connectivity index (χ2v) is 4.60. The summed E-state index contributed by atoms with van der Waals surface area (Å²) in [6.07, 6.45) is 0.910. The predicted molar refractivity (Wildman–Crippen MR) is 101 cm³/mol. The number of rotatable bonds is 9. The Kier molecular flexibility index (Phi) is 12.1. The van der Waals surface area contributed by atoms with E-state index in [1.54, 1.807) is 20.2 Å². The van der Waals surface area contributed by atoms with Crippen LogP contribution >= 0.6 is 24.0 Å². The van der Waals surface area contributed by atoms with Gasteiger partial charge in [0.05, 0.1) is 0 Å². The third-order valence-corrected chi connectivity index (χ3v) is 2.78. The molecule has 0 fully saturated rings. The Bertz CT molecular complexity index is 497. The Hall–Kier alpha value is -1.55. The van der Waals surface area contributed by atoms with Crippen LogP contribution in [0.1, 0.15) is 12.0 Å². The van der Waals surface area contributed by atoms with Crippen molar-refractivity contribution in [1.29, 1.82) is 0 Å². The topological polar surface area (TPSA) is 98.0 Å². The molecule has 0 aromatic heterocycles. The average molecular weight is 436 g/mol. The van der Waals surface area contributed by atoms with Crippen molar-refractivity contribution in [2.75, 3.05) is 33.9 Å². The van der Waals surface area contributed by atoms with Gasteiger partial charge in [-0.2, -0.15) is 0 Å². The van der Waals surface area contributed by atoms with Gasteiger partial charge in [-0.05, 0) is 24.1 Å². The zero-order chi connectivity index (χ0) is 16.2. The maximum absolute atomic E-state index is 10.7. The van der Waals surface area contributed by atoms with E-state index in [1.807, 2.05) is 18.2 Å². The van der Waals surface area contributed by atoms with Crippen LogP contribution in [0.2, 0.25) is 0 Å². The molecule has 8 heteroatoms. The van der Waals surface area contributed by atoms with Gasteiger partial charge in [-0.25, -0.2) is 0 Å². The van der Waals surface area contributed by atoms with E-state index >= 15 is 0 Å². The summed E-state index contributed by atoms with van der Waals surface area (Å²) in [5, 5.41) is 6.40. The molecule has 1 aromatic carbocycles. The molecule has 4 N–H and O–H groups in total. The molecule has 23 heavy (non-hydrogen) atoms. The molecular weight excluding hydrogens is 411 g/mol. The summed E-state index contributed by atoms with van der Waals surface area (Å²) in [6, 6.07) is 7.46. The van der Waals surface area contributed by atoms with Gasteiger partial charge in [0.15, 0.2) is 12.6 Å². The largest absolute Gasteiger partial charge is 0.484 e. The van der Waals surface area contributed by atoms with Crippen LogP contribution in [0.25, 0.3) is 0 Å². The normalized spacial score (nSPS) is 10.6. The summed E-state index contributed by atoms with van der Waals surface area (Å²) in [4.78, 5) is 14.9. The number of ether oxygens (including phenoxy) is 2. The Morgan fingerprint density at radius 3 is 2.78 bits per heavy atom. The van der Waals surface area contributed by atoms with Crippen molar-refractivity contribution in [2.45, 2.75) is 13.0 Å².